The second-order valence-electron chi connectivity index (χ2n) is 7.03. The summed E-state index contributed by atoms with van der Waals surface area (Å²) in [7, 11) is 0. The summed E-state index contributed by atoms with van der Waals surface area (Å²) >= 11 is 0. The third-order valence-corrected chi connectivity index (χ3v) is 5.53. The summed E-state index contributed by atoms with van der Waals surface area (Å²) in [5.41, 5.74) is 3.26. The van der Waals surface area contributed by atoms with E-state index in [1.807, 2.05) is 36.4 Å². The van der Waals surface area contributed by atoms with Crippen molar-refractivity contribution in [2.75, 3.05) is 6.61 Å². The first-order chi connectivity index (χ1) is 12.6. The molecule has 1 amide bonds. The minimum Gasteiger partial charge on any atom is -0.548 e. The van der Waals surface area contributed by atoms with Gasteiger partial charge in [-0.15, -0.1) is 0 Å². The Bertz CT molecular complexity index is 809. The monoisotopic (exact) mass is 350 g/mol. The molecular weight excluding hydrogens is 330 g/mol. The number of hydrogen-bond acceptors (Lipinski definition) is 4. The first-order valence-electron chi connectivity index (χ1n) is 8.95. The zero-order valence-corrected chi connectivity index (χ0v) is 14.4. The largest absolute Gasteiger partial charge is 0.548 e. The number of carbonyl (C=O) groups is 2. The number of hydrogen-bond donors (Lipinski definition) is 1. The summed E-state index contributed by atoms with van der Waals surface area (Å²) in [6.07, 6.45) is 1.60. The lowest BCUT2D eigenvalue weighted by atomic mass is 9.98. The highest BCUT2D eigenvalue weighted by atomic mass is 16.5. The van der Waals surface area contributed by atoms with Gasteiger partial charge in [0.25, 0.3) is 0 Å². The van der Waals surface area contributed by atoms with Crippen LogP contribution in [0.5, 0.6) is 0 Å². The van der Waals surface area contributed by atoms with Crippen LogP contribution >= 0.6 is 0 Å². The molecular formula is C21H20NO4-. The topological polar surface area (TPSA) is 78.5 Å². The maximum Gasteiger partial charge on any atom is 0.407 e. The molecule has 1 N–H and O–H groups in total. The number of ether oxygens (including phenoxy) is 1. The lowest BCUT2D eigenvalue weighted by molar-refractivity contribution is -0.314. The van der Waals surface area contributed by atoms with Crippen molar-refractivity contribution in [3.63, 3.8) is 0 Å². The van der Waals surface area contributed by atoms with Crippen LogP contribution in [0, 0.1) is 0 Å². The van der Waals surface area contributed by atoms with Gasteiger partial charge in [-0.3, -0.25) is 0 Å². The number of fused-ring (bicyclic) bond motifs is 3. The number of benzene rings is 2. The van der Waals surface area contributed by atoms with Crippen LogP contribution in [-0.4, -0.2) is 24.2 Å². The number of carboxylic acid groups (broad SMARTS) is 1. The van der Waals surface area contributed by atoms with Crippen LogP contribution in [-0.2, 0) is 9.53 Å². The Hall–Kier alpha value is -2.82. The summed E-state index contributed by atoms with van der Waals surface area (Å²) in [4.78, 5) is 23.7. The molecule has 1 fully saturated rings. The highest BCUT2D eigenvalue weighted by molar-refractivity contribution is 5.83. The van der Waals surface area contributed by atoms with Gasteiger partial charge in [-0.25, -0.2) is 4.79 Å². The first-order valence-corrected chi connectivity index (χ1v) is 8.95. The molecule has 0 aromatic heterocycles. The molecule has 0 radical (unpaired) electrons. The minimum atomic E-state index is -1.29. The van der Waals surface area contributed by atoms with Crippen molar-refractivity contribution in [1.29, 1.82) is 0 Å². The Morgan fingerprint density at radius 2 is 1.54 bits per heavy atom. The number of rotatable bonds is 4. The van der Waals surface area contributed by atoms with Crippen molar-refractivity contribution < 1.29 is 19.4 Å². The molecule has 26 heavy (non-hydrogen) atoms. The molecule has 1 saturated carbocycles. The smallest absolute Gasteiger partial charge is 0.407 e. The molecule has 5 nitrogen and oxygen atoms in total. The van der Waals surface area contributed by atoms with Crippen molar-refractivity contribution in [3.8, 4) is 11.1 Å². The van der Waals surface area contributed by atoms with Gasteiger partial charge >= 0.3 is 6.09 Å². The zero-order valence-electron chi connectivity index (χ0n) is 14.4. The van der Waals surface area contributed by atoms with Crippen LogP contribution in [0.1, 0.15) is 42.7 Å². The molecule has 0 heterocycles. The van der Waals surface area contributed by atoms with Crippen molar-refractivity contribution in [1.82, 2.24) is 5.32 Å². The number of alkyl carbamates (subject to hydrolysis) is 1. The number of carbonyl (C=O) groups excluding carboxylic acids is 2. The minimum absolute atomic E-state index is 0.0457. The lowest BCUT2D eigenvalue weighted by Gasteiger charge is -2.31. The predicted octanol–water partition coefficient (Wildman–Crippen LogP) is 2.59. The van der Waals surface area contributed by atoms with Crippen LogP contribution in [0.25, 0.3) is 11.1 Å². The molecule has 0 atom stereocenters. The summed E-state index contributed by atoms with van der Waals surface area (Å²) < 4.78 is 5.44. The van der Waals surface area contributed by atoms with Crippen LogP contribution in [0.15, 0.2) is 48.5 Å². The maximum absolute atomic E-state index is 12.3. The van der Waals surface area contributed by atoms with Crippen molar-refractivity contribution >= 4 is 12.1 Å². The van der Waals surface area contributed by atoms with Crippen molar-refractivity contribution in [3.05, 3.63) is 59.7 Å². The van der Waals surface area contributed by atoms with Gasteiger partial charge in [0.2, 0.25) is 0 Å². The average Bonchev–Trinajstić information content (AvgIpc) is 3.24. The Morgan fingerprint density at radius 3 is 2.08 bits per heavy atom. The second kappa shape index (κ2) is 6.48. The fourth-order valence-corrected chi connectivity index (χ4v) is 4.19. The van der Waals surface area contributed by atoms with Crippen LogP contribution < -0.4 is 10.4 Å². The normalized spacial score (nSPS) is 17.4. The van der Waals surface area contributed by atoms with Gasteiger partial charge in [0.1, 0.15) is 6.61 Å². The van der Waals surface area contributed by atoms with E-state index in [1.54, 1.807) is 0 Å². The van der Waals surface area contributed by atoms with Crippen LogP contribution in [0.4, 0.5) is 4.79 Å². The van der Waals surface area contributed by atoms with Crippen molar-refractivity contribution in [2.24, 2.45) is 0 Å². The number of aliphatic carboxylic acids is 1. The van der Waals surface area contributed by atoms with E-state index < -0.39 is 17.6 Å². The van der Waals surface area contributed by atoms with E-state index in [4.69, 9.17) is 4.74 Å². The molecule has 134 valence electrons. The highest BCUT2D eigenvalue weighted by Crippen LogP contribution is 2.44. The molecule has 2 aromatic rings. The summed E-state index contributed by atoms with van der Waals surface area (Å²) in [5, 5.41) is 14.0. The maximum atomic E-state index is 12.3. The Morgan fingerprint density at radius 1 is 1.00 bits per heavy atom. The van der Waals surface area contributed by atoms with Gasteiger partial charge in [0.15, 0.2) is 0 Å². The van der Waals surface area contributed by atoms with E-state index in [1.165, 1.54) is 0 Å². The van der Waals surface area contributed by atoms with E-state index in [0.29, 0.717) is 12.8 Å². The van der Waals surface area contributed by atoms with E-state index in [-0.39, 0.29) is 12.5 Å². The fraction of sp³-hybridized carbons (Fsp3) is 0.333. The van der Waals surface area contributed by atoms with Gasteiger partial charge in [0, 0.05) is 5.92 Å². The molecule has 0 saturated heterocycles. The molecule has 0 spiro atoms. The molecule has 2 aliphatic rings. The molecule has 4 rings (SSSR count). The first kappa shape index (κ1) is 16.6. The third-order valence-electron chi connectivity index (χ3n) is 5.53. The Kier molecular flexibility index (Phi) is 4.15. The molecule has 0 unspecified atom stereocenters. The van der Waals surface area contributed by atoms with Crippen molar-refractivity contribution in [2.45, 2.75) is 37.1 Å². The molecule has 5 heteroatoms. The molecule has 2 aromatic carbocycles. The van der Waals surface area contributed by atoms with Crippen LogP contribution in [0.2, 0.25) is 0 Å². The van der Waals surface area contributed by atoms with Gasteiger partial charge in [-0.2, -0.15) is 0 Å². The average molecular weight is 350 g/mol. The zero-order chi connectivity index (χ0) is 18.1. The third kappa shape index (κ3) is 2.73. The van der Waals surface area contributed by atoms with E-state index in [0.717, 1.165) is 35.1 Å². The Balaban J connectivity index is 1.50. The van der Waals surface area contributed by atoms with Gasteiger partial charge in [-0.05, 0) is 35.1 Å². The van der Waals surface area contributed by atoms with Gasteiger partial charge < -0.3 is 20.0 Å². The number of nitrogens with one attached hydrogen (secondary N) is 1. The van der Waals surface area contributed by atoms with E-state index >= 15 is 0 Å². The van der Waals surface area contributed by atoms with E-state index in [2.05, 4.69) is 17.4 Å². The van der Waals surface area contributed by atoms with Gasteiger partial charge in [0.05, 0.1) is 11.5 Å². The van der Waals surface area contributed by atoms with Gasteiger partial charge in [-0.1, -0.05) is 61.4 Å². The molecule has 0 aliphatic heterocycles. The summed E-state index contributed by atoms with van der Waals surface area (Å²) in [6, 6.07) is 16.2. The number of amides is 1. The Labute approximate surface area is 152 Å². The summed E-state index contributed by atoms with van der Waals surface area (Å²) in [6.45, 7) is 0.170. The SMILES string of the molecule is O=C(NC1(C(=O)[O-])CCCC1)OCC1c2ccccc2-c2ccccc21. The summed E-state index contributed by atoms with van der Waals surface area (Å²) in [5.74, 6) is -1.28. The second-order valence-corrected chi connectivity index (χ2v) is 7.03. The standard InChI is InChI=1S/C21H21NO4/c23-19(24)21(11-5-6-12-21)22-20(25)26-13-18-16-9-3-1-7-14(16)15-8-2-4-10-17(15)18/h1-4,7-10,18H,5-6,11-13H2,(H,22,25)(H,23,24)/p-1. The molecule has 0 bridgehead atoms. The quantitative estimate of drug-likeness (QED) is 0.919. The fourth-order valence-electron chi connectivity index (χ4n) is 4.19. The lowest BCUT2D eigenvalue weighted by Crippen LogP contribution is -2.58. The predicted molar refractivity (Wildman–Crippen MR) is 94.4 cm³/mol. The number of carboxylic acids is 1. The highest BCUT2D eigenvalue weighted by Gasteiger charge is 2.38. The van der Waals surface area contributed by atoms with Crippen LogP contribution in [0.3, 0.4) is 0 Å². The van der Waals surface area contributed by atoms with E-state index in [9.17, 15) is 14.7 Å². The molecule has 2 aliphatic carbocycles.